The van der Waals surface area contributed by atoms with E-state index in [0.29, 0.717) is 5.82 Å². The minimum Gasteiger partial charge on any atom is -0.351 e. The van der Waals surface area contributed by atoms with E-state index in [4.69, 9.17) is 10.3 Å². The Morgan fingerprint density at radius 3 is 3.00 bits per heavy atom. The molecule has 1 aliphatic rings. The fourth-order valence-corrected chi connectivity index (χ4v) is 2.41. The molecule has 16 heavy (non-hydrogen) atoms. The van der Waals surface area contributed by atoms with Crippen LogP contribution < -0.4 is 5.73 Å². The van der Waals surface area contributed by atoms with Crippen LogP contribution in [0.5, 0.6) is 0 Å². The summed E-state index contributed by atoms with van der Waals surface area (Å²) in [7, 11) is 0. The fourth-order valence-electron chi connectivity index (χ4n) is 2.41. The van der Waals surface area contributed by atoms with Crippen LogP contribution in [0, 0.1) is 0 Å². The lowest BCUT2D eigenvalue weighted by molar-refractivity contribution is 0.419. The minimum atomic E-state index is 0.151. The van der Waals surface area contributed by atoms with Crippen molar-refractivity contribution in [1.82, 2.24) is 10.1 Å². The summed E-state index contributed by atoms with van der Waals surface area (Å²) in [6.45, 7) is 0. The van der Waals surface area contributed by atoms with E-state index in [0.717, 1.165) is 19.3 Å². The maximum absolute atomic E-state index is 5.46. The highest BCUT2D eigenvalue weighted by molar-refractivity contribution is 5.36. The van der Waals surface area contributed by atoms with Crippen molar-refractivity contribution in [2.75, 3.05) is 5.73 Å². The number of nitrogens with zero attached hydrogens (tertiary/aromatic N) is 2. The first-order valence-electron chi connectivity index (χ1n) is 5.51. The van der Waals surface area contributed by atoms with E-state index in [1.807, 2.05) is 0 Å². The third-order valence-electron chi connectivity index (χ3n) is 3.14. The molecule has 4 heteroatoms. The van der Waals surface area contributed by atoms with Crippen LogP contribution >= 0.6 is 0 Å². The number of fused-ring (bicyclic) bond motifs is 1. The summed E-state index contributed by atoms with van der Waals surface area (Å²) >= 11 is 0. The molecule has 1 atom stereocenters. The Morgan fingerprint density at radius 2 is 2.19 bits per heavy atom. The molecule has 0 amide bonds. The Hall–Kier alpha value is -1.84. The number of hydrogen-bond donors (Lipinski definition) is 1. The van der Waals surface area contributed by atoms with Gasteiger partial charge in [0.05, 0.1) is 0 Å². The quantitative estimate of drug-likeness (QED) is 0.791. The van der Waals surface area contributed by atoms with Crippen LogP contribution in [-0.2, 0) is 6.42 Å². The molecule has 1 heterocycles. The third-order valence-corrected chi connectivity index (χ3v) is 3.14. The highest BCUT2D eigenvalue weighted by Gasteiger charge is 2.25. The Balaban J connectivity index is 2.04. The van der Waals surface area contributed by atoms with Crippen LogP contribution in [0.15, 0.2) is 28.8 Å². The SMILES string of the molecule is Nc1nc(C2CCCc3ccccc32)no1. The Labute approximate surface area is 93.5 Å². The summed E-state index contributed by atoms with van der Waals surface area (Å²) in [4.78, 5) is 4.13. The molecule has 2 aromatic rings. The number of benzene rings is 1. The second-order valence-corrected chi connectivity index (χ2v) is 4.13. The Morgan fingerprint density at radius 1 is 1.31 bits per heavy atom. The van der Waals surface area contributed by atoms with E-state index in [2.05, 4.69) is 34.4 Å². The van der Waals surface area contributed by atoms with Crippen LogP contribution in [-0.4, -0.2) is 10.1 Å². The summed E-state index contributed by atoms with van der Waals surface area (Å²) in [5.41, 5.74) is 8.17. The van der Waals surface area contributed by atoms with Crippen molar-refractivity contribution in [2.24, 2.45) is 0 Å². The van der Waals surface area contributed by atoms with Gasteiger partial charge in [-0.15, -0.1) is 0 Å². The lowest BCUT2D eigenvalue weighted by Crippen LogP contribution is -2.12. The van der Waals surface area contributed by atoms with Gasteiger partial charge in [0.25, 0.3) is 0 Å². The highest BCUT2D eigenvalue weighted by Crippen LogP contribution is 2.35. The van der Waals surface area contributed by atoms with Crippen LogP contribution in [0.4, 0.5) is 6.01 Å². The number of aryl methyl sites for hydroxylation is 1. The predicted octanol–water partition coefficient (Wildman–Crippen LogP) is 2.12. The number of nitrogen functional groups attached to an aromatic ring is 1. The third kappa shape index (κ3) is 1.46. The zero-order chi connectivity index (χ0) is 11.0. The highest BCUT2D eigenvalue weighted by atomic mass is 16.5. The molecule has 82 valence electrons. The first-order valence-corrected chi connectivity index (χ1v) is 5.51. The Bertz CT molecular complexity index is 506. The van der Waals surface area contributed by atoms with Crippen molar-refractivity contribution in [3.05, 3.63) is 41.2 Å². The number of anilines is 1. The lowest BCUT2D eigenvalue weighted by Gasteiger charge is -2.22. The normalized spacial score (nSPS) is 19.4. The average Bonchev–Trinajstić information content (AvgIpc) is 2.75. The largest absolute Gasteiger partial charge is 0.351 e. The predicted molar refractivity (Wildman–Crippen MR) is 59.9 cm³/mol. The van der Waals surface area contributed by atoms with Gasteiger partial charge in [-0.25, -0.2) is 0 Å². The van der Waals surface area contributed by atoms with Gasteiger partial charge < -0.3 is 10.3 Å². The molecule has 0 saturated heterocycles. The smallest absolute Gasteiger partial charge is 0.318 e. The molecule has 0 aliphatic heterocycles. The summed E-state index contributed by atoms with van der Waals surface area (Å²) in [5, 5.41) is 3.93. The zero-order valence-corrected chi connectivity index (χ0v) is 8.89. The van der Waals surface area contributed by atoms with Crippen molar-refractivity contribution in [3.8, 4) is 0 Å². The van der Waals surface area contributed by atoms with Gasteiger partial charge >= 0.3 is 6.01 Å². The van der Waals surface area contributed by atoms with Gasteiger partial charge in [-0.2, -0.15) is 4.98 Å². The maximum Gasteiger partial charge on any atom is 0.318 e. The van der Waals surface area contributed by atoms with Crippen molar-refractivity contribution in [1.29, 1.82) is 0 Å². The van der Waals surface area contributed by atoms with Gasteiger partial charge in [-0.1, -0.05) is 29.4 Å². The molecule has 3 rings (SSSR count). The first kappa shape index (κ1) is 9.39. The van der Waals surface area contributed by atoms with Gasteiger partial charge in [0, 0.05) is 5.92 Å². The minimum absolute atomic E-state index is 0.151. The van der Waals surface area contributed by atoms with Crippen molar-refractivity contribution < 1.29 is 4.52 Å². The van der Waals surface area contributed by atoms with Gasteiger partial charge in [-0.3, -0.25) is 0 Å². The van der Waals surface area contributed by atoms with E-state index in [-0.39, 0.29) is 11.9 Å². The molecule has 1 aromatic carbocycles. The van der Waals surface area contributed by atoms with Gasteiger partial charge in [0.1, 0.15) is 0 Å². The monoisotopic (exact) mass is 215 g/mol. The van der Waals surface area contributed by atoms with Crippen LogP contribution in [0.1, 0.15) is 35.7 Å². The van der Waals surface area contributed by atoms with Crippen LogP contribution in [0.3, 0.4) is 0 Å². The average molecular weight is 215 g/mol. The lowest BCUT2D eigenvalue weighted by atomic mass is 9.82. The van der Waals surface area contributed by atoms with Gasteiger partial charge in [0.15, 0.2) is 5.82 Å². The zero-order valence-electron chi connectivity index (χ0n) is 8.89. The number of aromatic nitrogens is 2. The first-order chi connectivity index (χ1) is 7.84. The molecule has 0 bridgehead atoms. The molecule has 0 saturated carbocycles. The Kier molecular flexibility index (Phi) is 2.13. The molecular formula is C12H13N3O. The topological polar surface area (TPSA) is 64.9 Å². The molecule has 4 nitrogen and oxygen atoms in total. The molecular weight excluding hydrogens is 202 g/mol. The molecule has 0 radical (unpaired) electrons. The molecule has 1 aromatic heterocycles. The fraction of sp³-hybridized carbons (Fsp3) is 0.333. The second-order valence-electron chi connectivity index (χ2n) is 4.13. The second kappa shape index (κ2) is 3.63. The van der Waals surface area contributed by atoms with E-state index >= 15 is 0 Å². The van der Waals surface area contributed by atoms with Gasteiger partial charge in [0.2, 0.25) is 0 Å². The molecule has 0 spiro atoms. The van der Waals surface area contributed by atoms with E-state index in [1.54, 1.807) is 0 Å². The molecule has 0 fully saturated rings. The number of rotatable bonds is 1. The summed E-state index contributed by atoms with van der Waals surface area (Å²) in [5.74, 6) is 0.954. The van der Waals surface area contributed by atoms with Gasteiger partial charge in [-0.05, 0) is 30.4 Å². The molecule has 2 N–H and O–H groups in total. The van der Waals surface area contributed by atoms with Crippen LogP contribution in [0.2, 0.25) is 0 Å². The van der Waals surface area contributed by atoms with Crippen molar-refractivity contribution in [3.63, 3.8) is 0 Å². The molecule has 1 unspecified atom stereocenters. The van der Waals surface area contributed by atoms with E-state index < -0.39 is 0 Å². The number of nitrogens with two attached hydrogens (primary N) is 1. The van der Waals surface area contributed by atoms with Crippen molar-refractivity contribution in [2.45, 2.75) is 25.2 Å². The van der Waals surface area contributed by atoms with Crippen LogP contribution in [0.25, 0.3) is 0 Å². The van der Waals surface area contributed by atoms with E-state index in [1.165, 1.54) is 11.1 Å². The summed E-state index contributed by atoms with van der Waals surface area (Å²) in [6.07, 6.45) is 3.37. The standard InChI is InChI=1S/C12H13N3O/c13-12-14-11(15-16-12)10-7-3-5-8-4-1-2-6-9(8)10/h1-2,4,6,10H,3,5,7H2,(H2,13,14,15). The maximum atomic E-state index is 5.46. The summed E-state index contributed by atoms with van der Waals surface area (Å²) in [6, 6.07) is 8.60. The molecule has 1 aliphatic carbocycles. The van der Waals surface area contributed by atoms with E-state index in [9.17, 15) is 0 Å². The summed E-state index contributed by atoms with van der Waals surface area (Å²) < 4.78 is 4.85. The van der Waals surface area contributed by atoms with Crippen molar-refractivity contribution >= 4 is 6.01 Å². The number of hydrogen-bond acceptors (Lipinski definition) is 4.